The molecule has 5 nitrogen and oxygen atoms in total. The van der Waals surface area contributed by atoms with Crippen molar-refractivity contribution in [3.8, 4) is 0 Å². The van der Waals surface area contributed by atoms with Gasteiger partial charge in [0.15, 0.2) is 5.43 Å². The van der Waals surface area contributed by atoms with Crippen molar-refractivity contribution >= 4 is 33.7 Å². The quantitative estimate of drug-likeness (QED) is 0.655. The molecule has 2 aromatic carbocycles. The SMILES string of the molecule is C=Cn1c2ccccc2c(=O)c2c(NCCN3CCOCC3)ccc(C)c21.CC. The highest BCUT2D eigenvalue weighted by molar-refractivity contribution is 6.02. The monoisotopic (exact) mass is 393 g/mol. The van der Waals surface area contributed by atoms with E-state index in [9.17, 15) is 4.79 Å². The average Bonchev–Trinajstić information content (AvgIpc) is 2.78. The van der Waals surface area contributed by atoms with Crippen molar-refractivity contribution in [3.63, 3.8) is 0 Å². The largest absolute Gasteiger partial charge is 0.383 e. The molecule has 3 aromatic rings. The zero-order chi connectivity index (χ0) is 20.8. The maximum atomic E-state index is 13.3. The van der Waals surface area contributed by atoms with E-state index in [-0.39, 0.29) is 5.43 Å². The summed E-state index contributed by atoms with van der Waals surface area (Å²) in [7, 11) is 0. The lowest BCUT2D eigenvalue weighted by Crippen LogP contribution is -2.39. The first kappa shape index (κ1) is 21.1. The van der Waals surface area contributed by atoms with E-state index in [1.54, 1.807) is 6.20 Å². The van der Waals surface area contributed by atoms with E-state index >= 15 is 0 Å². The van der Waals surface area contributed by atoms with Gasteiger partial charge in [0.25, 0.3) is 0 Å². The van der Waals surface area contributed by atoms with Crippen molar-refractivity contribution in [2.24, 2.45) is 0 Å². The highest BCUT2D eigenvalue weighted by Gasteiger charge is 2.15. The van der Waals surface area contributed by atoms with Crippen LogP contribution in [-0.2, 0) is 4.74 Å². The second-order valence-electron chi connectivity index (χ2n) is 6.93. The fourth-order valence-electron chi connectivity index (χ4n) is 3.88. The first-order chi connectivity index (χ1) is 14.2. The first-order valence-electron chi connectivity index (χ1n) is 10.4. The molecule has 0 bridgehead atoms. The maximum Gasteiger partial charge on any atom is 0.199 e. The molecule has 0 radical (unpaired) electrons. The third-order valence-corrected chi connectivity index (χ3v) is 5.29. The molecule has 4 rings (SSSR count). The summed E-state index contributed by atoms with van der Waals surface area (Å²) >= 11 is 0. The minimum atomic E-state index is 0.0660. The lowest BCUT2D eigenvalue weighted by molar-refractivity contribution is 0.0398. The van der Waals surface area contributed by atoms with Gasteiger partial charge in [0, 0.05) is 43.5 Å². The van der Waals surface area contributed by atoms with Crippen molar-refractivity contribution < 1.29 is 4.74 Å². The number of nitrogens with one attached hydrogen (secondary N) is 1. The second-order valence-corrected chi connectivity index (χ2v) is 6.93. The van der Waals surface area contributed by atoms with Gasteiger partial charge in [-0.1, -0.05) is 38.6 Å². The van der Waals surface area contributed by atoms with Crippen LogP contribution >= 0.6 is 0 Å². The molecule has 154 valence electrons. The molecule has 1 N–H and O–H groups in total. The van der Waals surface area contributed by atoms with Crippen LogP contribution in [0.25, 0.3) is 28.0 Å². The number of aryl methyl sites for hydroxylation is 1. The van der Waals surface area contributed by atoms with Crippen LogP contribution in [0.15, 0.2) is 47.8 Å². The molecule has 0 saturated carbocycles. The summed E-state index contributed by atoms with van der Waals surface area (Å²) < 4.78 is 7.42. The lowest BCUT2D eigenvalue weighted by Gasteiger charge is -2.26. The number of para-hydroxylation sites is 1. The van der Waals surface area contributed by atoms with E-state index in [2.05, 4.69) is 22.9 Å². The van der Waals surface area contributed by atoms with Gasteiger partial charge in [0.2, 0.25) is 0 Å². The summed E-state index contributed by atoms with van der Waals surface area (Å²) in [5, 5.41) is 4.94. The van der Waals surface area contributed by atoms with E-state index in [1.165, 1.54) is 0 Å². The third-order valence-electron chi connectivity index (χ3n) is 5.29. The fourth-order valence-corrected chi connectivity index (χ4v) is 3.88. The molecule has 1 aliphatic rings. The van der Waals surface area contributed by atoms with Crippen molar-refractivity contribution in [1.29, 1.82) is 0 Å². The predicted molar refractivity (Wildman–Crippen MR) is 124 cm³/mol. The van der Waals surface area contributed by atoms with Crippen LogP contribution in [0.3, 0.4) is 0 Å². The highest BCUT2D eigenvalue weighted by Crippen LogP contribution is 2.27. The highest BCUT2D eigenvalue weighted by atomic mass is 16.5. The summed E-state index contributed by atoms with van der Waals surface area (Å²) in [5.74, 6) is 0. The van der Waals surface area contributed by atoms with Gasteiger partial charge in [-0.15, -0.1) is 0 Å². The Morgan fingerprint density at radius 1 is 1.14 bits per heavy atom. The number of aromatic nitrogens is 1. The van der Waals surface area contributed by atoms with Crippen LogP contribution in [0.4, 0.5) is 5.69 Å². The summed E-state index contributed by atoms with van der Waals surface area (Å²) in [4.78, 5) is 15.7. The molecule has 29 heavy (non-hydrogen) atoms. The number of nitrogens with zero attached hydrogens (tertiary/aromatic N) is 2. The van der Waals surface area contributed by atoms with E-state index in [1.807, 2.05) is 55.7 Å². The van der Waals surface area contributed by atoms with Crippen LogP contribution in [-0.4, -0.2) is 48.9 Å². The molecule has 5 heteroatoms. The Balaban J connectivity index is 0.00000117. The van der Waals surface area contributed by atoms with Gasteiger partial charge in [-0.2, -0.15) is 0 Å². The molecule has 0 aliphatic carbocycles. The zero-order valence-electron chi connectivity index (χ0n) is 17.7. The van der Waals surface area contributed by atoms with Crippen LogP contribution in [0.5, 0.6) is 0 Å². The number of hydrogen-bond donors (Lipinski definition) is 1. The Morgan fingerprint density at radius 3 is 2.59 bits per heavy atom. The molecule has 0 amide bonds. The molecule has 1 fully saturated rings. The van der Waals surface area contributed by atoms with E-state index < -0.39 is 0 Å². The maximum absolute atomic E-state index is 13.3. The number of hydrogen-bond acceptors (Lipinski definition) is 4. The Kier molecular flexibility index (Phi) is 7.07. The molecular formula is C24H31N3O2. The molecule has 2 heterocycles. The molecule has 1 aromatic heterocycles. The van der Waals surface area contributed by atoms with Gasteiger partial charge in [-0.05, 0) is 30.7 Å². The van der Waals surface area contributed by atoms with Gasteiger partial charge < -0.3 is 14.6 Å². The molecule has 0 unspecified atom stereocenters. The topological polar surface area (TPSA) is 46.5 Å². The van der Waals surface area contributed by atoms with Crippen LogP contribution in [0.2, 0.25) is 0 Å². The Labute approximate surface area is 172 Å². The summed E-state index contributed by atoms with van der Waals surface area (Å²) in [5.41, 5.74) is 3.82. The van der Waals surface area contributed by atoms with Gasteiger partial charge in [-0.25, -0.2) is 0 Å². The Bertz CT molecular complexity index is 1050. The van der Waals surface area contributed by atoms with Crippen LogP contribution < -0.4 is 10.7 Å². The molecule has 0 atom stereocenters. The summed E-state index contributed by atoms with van der Waals surface area (Å²) in [6.45, 7) is 15.3. The van der Waals surface area contributed by atoms with Gasteiger partial charge in [0.05, 0.1) is 29.6 Å². The summed E-state index contributed by atoms with van der Waals surface area (Å²) in [6, 6.07) is 11.8. The Morgan fingerprint density at radius 2 is 1.86 bits per heavy atom. The fraction of sp³-hybridized carbons (Fsp3) is 0.375. The third kappa shape index (κ3) is 4.21. The van der Waals surface area contributed by atoms with E-state index in [4.69, 9.17) is 4.74 Å². The minimum absolute atomic E-state index is 0.0660. The number of fused-ring (bicyclic) bond motifs is 2. The van der Waals surface area contributed by atoms with Crippen molar-refractivity contribution in [2.75, 3.05) is 44.7 Å². The number of rotatable bonds is 5. The summed E-state index contributed by atoms with van der Waals surface area (Å²) in [6.07, 6.45) is 1.79. The molecule has 0 spiro atoms. The number of benzene rings is 2. The van der Waals surface area contributed by atoms with Gasteiger partial charge >= 0.3 is 0 Å². The normalized spacial score (nSPS) is 14.4. The first-order valence-corrected chi connectivity index (χ1v) is 10.4. The predicted octanol–water partition coefficient (Wildman–Crippen LogP) is 4.33. The van der Waals surface area contributed by atoms with Gasteiger partial charge in [0.1, 0.15) is 0 Å². The number of morpholine rings is 1. The van der Waals surface area contributed by atoms with Crippen LogP contribution in [0, 0.1) is 6.92 Å². The number of anilines is 1. The molecule has 1 aliphatic heterocycles. The van der Waals surface area contributed by atoms with Crippen molar-refractivity contribution in [3.05, 3.63) is 58.8 Å². The Hall–Kier alpha value is -2.63. The minimum Gasteiger partial charge on any atom is -0.383 e. The molecular weight excluding hydrogens is 362 g/mol. The van der Waals surface area contributed by atoms with Crippen molar-refractivity contribution in [1.82, 2.24) is 9.47 Å². The van der Waals surface area contributed by atoms with Gasteiger partial charge in [-0.3, -0.25) is 9.69 Å². The smallest absolute Gasteiger partial charge is 0.199 e. The lowest BCUT2D eigenvalue weighted by atomic mass is 10.0. The molecule has 1 saturated heterocycles. The van der Waals surface area contributed by atoms with Crippen molar-refractivity contribution in [2.45, 2.75) is 20.8 Å². The number of ether oxygens (including phenoxy) is 1. The number of pyridine rings is 1. The van der Waals surface area contributed by atoms with E-state index in [0.717, 1.165) is 67.1 Å². The average molecular weight is 394 g/mol. The standard InChI is InChI=1S/C22H25N3O2.C2H6/c1-3-25-19-7-5-4-6-17(19)22(26)20-18(9-8-16(2)21(20)25)23-10-11-24-12-14-27-15-13-24;1-2/h3-9,23H,1,10-15H2,2H3;1-2H3. The van der Waals surface area contributed by atoms with Crippen LogP contribution in [0.1, 0.15) is 19.4 Å². The zero-order valence-corrected chi connectivity index (χ0v) is 17.7. The second kappa shape index (κ2) is 9.72. The van der Waals surface area contributed by atoms with E-state index in [0.29, 0.717) is 5.39 Å².